The van der Waals surface area contributed by atoms with Gasteiger partial charge in [-0.05, 0) is 49.6 Å². The number of rotatable bonds is 7. The molecule has 0 saturated carbocycles. The minimum Gasteiger partial charge on any atom is -0.452 e. The van der Waals surface area contributed by atoms with Gasteiger partial charge in [-0.3, -0.25) is 14.9 Å². The number of benzene rings is 1. The van der Waals surface area contributed by atoms with E-state index in [1.54, 1.807) is 31.4 Å². The normalized spacial score (nSPS) is 11.2. The van der Waals surface area contributed by atoms with Crippen LogP contribution in [0.25, 0.3) is 0 Å². The van der Waals surface area contributed by atoms with Gasteiger partial charge in [0.2, 0.25) is 10.0 Å². The second-order valence-electron chi connectivity index (χ2n) is 5.73. The Balaban J connectivity index is 1.90. The summed E-state index contributed by atoms with van der Waals surface area (Å²) in [5.74, 6) is -2.14. The molecule has 0 aliphatic rings. The molecule has 0 spiro atoms. The number of nitrogens with one attached hydrogen (secondary N) is 2. The summed E-state index contributed by atoms with van der Waals surface area (Å²) in [6.45, 7) is 2.75. The molecule has 2 rings (SSSR count). The van der Waals surface area contributed by atoms with E-state index in [9.17, 15) is 22.8 Å². The van der Waals surface area contributed by atoms with Gasteiger partial charge in [0.1, 0.15) is 0 Å². The van der Waals surface area contributed by atoms with Crippen LogP contribution in [0.1, 0.15) is 33.9 Å². The fraction of sp³-hybridized carbons (Fsp3) is 0.235. The van der Waals surface area contributed by atoms with Gasteiger partial charge < -0.3 is 4.74 Å². The predicted octanol–water partition coefficient (Wildman–Crippen LogP) is 1.55. The van der Waals surface area contributed by atoms with Crippen molar-refractivity contribution in [2.75, 3.05) is 6.61 Å². The molecule has 2 aromatic rings. The molecule has 0 aliphatic carbocycles. The van der Waals surface area contributed by atoms with Crippen LogP contribution in [0, 0.1) is 0 Å². The van der Waals surface area contributed by atoms with Crippen LogP contribution in [-0.4, -0.2) is 38.9 Å². The molecule has 144 valence electrons. The second kappa shape index (κ2) is 8.89. The molecule has 0 bridgehead atoms. The Hall–Kier alpha value is -2.56. The molecule has 0 saturated heterocycles. The van der Waals surface area contributed by atoms with E-state index in [0.717, 1.165) is 0 Å². The van der Waals surface area contributed by atoms with Gasteiger partial charge in [0, 0.05) is 6.04 Å². The summed E-state index contributed by atoms with van der Waals surface area (Å²) in [6, 6.07) is 8.06. The fourth-order valence-corrected chi connectivity index (χ4v) is 3.87. The van der Waals surface area contributed by atoms with E-state index in [4.69, 9.17) is 4.74 Å². The van der Waals surface area contributed by atoms with E-state index >= 15 is 0 Å². The molecule has 0 radical (unpaired) electrons. The van der Waals surface area contributed by atoms with Gasteiger partial charge in [-0.1, -0.05) is 6.07 Å². The van der Waals surface area contributed by atoms with Gasteiger partial charge in [-0.15, -0.1) is 11.3 Å². The number of hydrogen-bond donors (Lipinski definition) is 2. The average Bonchev–Trinajstić information content (AvgIpc) is 3.13. The van der Waals surface area contributed by atoms with Gasteiger partial charge in [0.25, 0.3) is 11.8 Å². The zero-order valence-electron chi connectivity index (χ0n) is 14.6. The zero-order valence-corrected chi connectivity index (χ0v) is 16.2. The number of carbonyl (C=O) groups excluding carboxylic acids is 3. The Kier molecular flexibility index (Phi) is 6.83. The van der Waals surface area contributed by atoms with Crippen LogP contribution in [0.4, 0.5) is 0 Å². The second-order valence-corrected chi connectivity index (χ2v) is 8.39. The number of thiophene rings is 1. The maximum atomic E-state index is 12.0. The van der Waals surface area contributed by atoms with E-state index in [1.165, 1.54) is 35.6 Å². The third-order valence-corrected chi connectivity index (χ3v) is 5.67. The molecule has 2 N–H and O–H groups in total. The third kappa shape index (κ3) is 5.98. The summed E-state index contributed by atoms with van der Waals surface area (Å²) in [7, 11) is -3.67. The van der Waals surface area contributed by atoms with E-state index < -0.39 is 34.4 Å². The molecule has 0 fully saturated rings. The molecule has 1 aromatic heterocycles. The molecular weight excluding hydrogens is 392 g/mol. The number of hydrogen-bond acceptors (Lipinski definition) is 7. The molecule has 0 unspecified atom stereocenters. The molecule has 27 heavy (non-hydrogen) atoms. The van der Waals surface area contributed by atoms with Gasteiger partial charge in [0.05, 0.1) is 15.3 Å². The number of sulfonamides is 1. The van der Waals surface area contributed by atoms with Crippen LogP contribution in [0.15, 0.2) is 46.7 Å². The van der Waals surface area contributed by atoms with Crippen LogP contribution in [0.3, 0.4) is 0 Å². The van der Waals surface area contributed by atoms with Gasteiger partial charge >= 0.3 is 5.97 Å². The van der Waals surface area contributed by atoms with Gasteiger partial charge in [-0.25, -0.2) is 17.9 Å². The quantitative estimate of drug-likeness (QED) is 0.669. The maximum absolute atomic E-state index is 12.0. The number of carbonyl (C=O) groups is 3. The van der Waals surface area contributed by atoms with E-state index in [1.807, 2.05) is 0 Å². The van der Waals surface area contributed by atoms with E-state index in [0.29, 0.717) is 4.88 Å². The van der Waals surface area contributed by atoms with Crippen molar-refractivity contribution in [3.8, 4) is 0 Å². The lowest BCUT2D eigenvalue weighted by Crippen LogP contribution is -2.33. The number of ether oxygens (including phenoxy) is 1. The van der Waals surface area contributed by atoms with E-state index in [2.05, 4.69) is 10.0 Å². The van der Waals surface area contributed by atoms with Crippen LogP contribution in [0.5, 0.6) is 0 Å². The maximum Gasteiger partial charge on any atom is 0.338 e. The van der Waals surface area contributed by atoms with Crippen molar-refractivity contribution in [1.82, 2.24) is 10.0 Å². The minimum absolute atomic E-state index is 0.00652. The summed E-state index contributed by atoms with van der Waals surface area (Å²) in [5, 5.41) is 3.80. The first kappa shape index (κ1) is 20.7. The van der Waals surface area contributed by atoms with Crippen LogP contribution in [0.2, 0.25) is 0 Å². The number of imide groups is 1. The molecule has 8 nitrogen and oxygen atoms in total. The van der Waals surface area contributed by atoms with Crippen molar-refractivity contribution >= 4 is 39.1 Å². The van der Waals surface area contributed by atoms with Crippen molar-refractivity contribution in [3.05, 3.63) is 52.2 Å². The highest BCUT2D eigenvalue weighted by atomic mass is 32.2. The Morgan fingerprint density at radius 1 is 1.11 bits per heavy atom. The van der Waals surface area contributed by atoms with Crippen molar-refractivity contribution in [1.29, 1.82) is 0 Å². The fourth-order valence-electron chi connectivity index (χ4n) is 2.00. The van der Waals surface area contributed by atoms with Gasteiger partial charge in [0.15, 0.2) is 6.61 Å². The lowest BCUT2D eigenvalue weighted by molar-refractivity contribution is -0.123. The third-order valence-electron chi connectivity index (χ3n) is 3.12. The highest BCUT2D eigenvalue weighted by Crippen LogP contribution is 2.12. The minimum atomic E-state index is -3.67. The van der Waals surface area contributed by atoms with Gasteiger partial charge in [-0.2, -0.15) is 0 Å². The van der Waals surface area contributed by atoms with Crippen LogP contribution < -0.4 is 10.0 Å². The Morgan fingerprint density at radius 2 is 1.78 bits per heavy atom. The Morgan fingerprint density at radius 3 is 2.33 bits per heavy atom. The van der Waals surface area contributed by atoms with Crippen molar-refractivity contribution in [3.63, 3.8) is 0 Å². The Bertz CT molecular complexity index is 919. The highest BCUT2D eigenvalue weighted by Gasteiger charge is 2.17. The highest BCUT2D eigenvalue weighted by molar-refractivity contribution is 7.89. The standard InChI is InChI=1S/C17H18N2O6S2/c1-11(2)19-27(23,24)13-7-5-12(6-8-13)17(22)25-10-15(20)18-16(21)14-4-3-9-26-14/h3-9,11,19H,10H2,1-2H3,(H,18,20,21). The number of amides is 2. The molecule has 0 atom stereocenters. The van der Waals surface area contributed by atoms with Crippen molar-refractivity contribution in [2.24, 2.45) is 0 Å². The predicted molar refractivity (Wildman–Crippen MR) is 99.0 cm³/mol. The smallest absolute Gasteiger partial charge is 0.338 e. The molecule has 10 heteroatoms. The summed E-state index contributed by atoms with van der Waals surface area (Å²) >= 11 is 1.17. The first-order valence-corrected chi connectivity index (χ1v) is 10.2. The summed E-state index contributed by atoms with van der Waals surface area (Å²) < 4.78 is 31.3. The average molecular weight is 410 g/mol. The first-order valence-electron chi connectivity index (χ1n) is 7.86. The molecular formula is C17H18N2O6S2. The molecule has 1 heterocycles. The monoisotopic (exact) mass is 410 g/mol. The van der Waals surface area contributed by atoms with E-state index in [-0.39, 0.29) is 16.5 Å². The Labute approximate surface area is 160 Å². The van der Waals surface area contributed by atoms with Crippen molar-refractivity contribution < 1.29 is 27.5 Å². The van der Waals surface area contributed by atoms with Crippen LogP contribution in [-0.2, 0) is 19.6 Å². The van der Waals surface area contributed by atoms with Crippen LogP contribution >= 0.6 is 11.3 Å². The molecule has 1 aromatic carbocycles. The summed E-state index contributed by atoms with van der Waals surface area (Å²) in [5.41, 5.74) is 0.0795. The van der Waals surface area contributed by atoms with Crippen molar-refractivity contribution in [2.45, 2.75) is 24.8 Å². The largest absolute Gasteiger partial charge is 0.452 e. The topological polar surface area (TPSA) is 119 Å². The summed E-state index contributed by atoms with van der Waals surface area (Å²) in [6.07, 6.45) is 0. The molecule has 0 aliphatic heterocycles. The zero-order chi connectivity index (χ0) is 20.0. The molecule has 2 amide bonds. The lowest BCUT2D eigenvalue weighted by Gasteiger charge is -2.10. The SMILES string of the molecule is CC(C)NS(=O)(=O)c1ccc(C(=O)OCC(=O)NC(=O)c2cccs2)cc1. The number of esters is 1. The summed E-state index contributed by atoms with van der Waals surface area (Å²) in [4.78, 5) is 35.7. The first-order chi connectivity index (χ1) is 12.7. The lowest BCUT2D eigenvalue weighted by atomic mass is 10.2.